The predicted molar refractivity (Wildman–Crippen MR) is 130 cm³/mol. The normalized spacial score (nSPS) is 12.6. The van der Waals surface area contributed by atoms with E-state index in [0.717, 1.165) is 45.1 Å². The molecule has 0 saturated carbocycles. The number of hydrogen-bond donors (Lipinski definition) is 1. The Bertz CT molecular complexity index is 1340. The molecule has 0 fully saturated rings. The maximum absolute atomic E-state index is 6.14. The maximum atomic E-state index is 6.14. The van der Waals surface area contributed by atoms with Crippen LogP contribution >= 0.6 is 0 Å². The van der Waals surface area contributed by atoms with Gasteiger partial charge in [0, 0.05) is 16.3 Å². The molecule has 0 aliphatic rings. The van der Waals surface area contributed by atoms with E-state index in [0.29, 0.717) is 18.1 Å². The van der Waals surface area contributed by atoms with Gasteiger partial charge in [0.25, 0.3) is 0 Å². The first kappa shape index (κ1) is 20.4. The Balaban J connectivity index is 1.81. The zero-order valence-corrected chi connectivity index (χ0v) is 18.3. The van der Waals surface area contributed by atoms with Gasteiger partial charge in [-0.15, -0.1) is 0 Å². The van der Waals surface area contributed by atoms with Crippen LogP contribution in [0.3, 0.4) is 0 Å². The molecule has 2 N–H and O–H groups in total. The number of nitrogens with two attached hydrogens (primary N) is 1. The van der Waals surface area contributed by atoms with Crippen LogP contribution in [-0.2, 0) is 0 Å². The summed E-state index contributed by atoms with van der Waals surface area (Å²) in [4.78, 5) is 12.2. The molecule has 0 spiro atoms. The summed E-state index contributed by atoms with van der Waals surface area (Å²) >= 11 is 0. The SMILES string of the molecule is CN(C)C(CCN)c1nc(-c2cc3ccccc3o2)nc2c(-c3ccccc3)cccc12. The van der Waals surface area contributed by atoms with Gasteiger partial charge >= 0.3 is 0 Å². The average molecular weight is 423 g/mol. The van der Waals surface area contributed by atoms with Crippen molar-refractivity contribution in [1.29, 1.82) is 0 Å². The van der Waals surface area contributed by atoms with Crippen molar-refractivity contribution in [3.8, 4) is 22.7 Å². The lowest BCUT2D eigenvalue weighted by Crippen LogP contribution is -2.24. The number of fused-ring (bicyclic) bond motifs is 2. The van der Waals surface area contributed by atoms with Crippen molar-refractivity contribution >= 4 is 21.9 Å². The summed E-state index contributed by atoms with van der Waals surface area (Å²) in [7, 11) is 4.13. The van der Waals surface area contributed by atoms with Gasteiger partial charge < -0.3 is 15.1 Å². The molecule has 5 rings (SSSR count). The van der Waals surface area contributed by atoms with Crippen molar-refractivity contribution < 1.29 is 4.42 Å². The number of aromatic nitrogens is 2. The maximum Gasteiger partial charge on any atom is 0.196 e. The Hall–Kier alpha value is -3.54. The van der Waals surface area contributed by atoms with Gasteiger partial charge in [-0.1, -0.05) is 66.7 Å². The van der Waals surface area contributed by atoms with Gasteiger partial charge in [-0.2, -0.15) is 0 Å². The Kier molecular flexibility index (Phi) is 5.43. The summed E-state index contributed by atoms with van der Waals surface area (Å²) in [6.45, 7) is 0.576. The van der Waals surface area contributed by atoms with Crippen LogP contribution in [0, 0.1) is 0 Å². The van der Waals surface area contributed by atoms with Crippen molar-refractivity contribution in [2.75, 3.05) is 20.6 Å². The molecule has 32 heavy (non-hydrogen) atoms. The fraction of sp³-hybridized carbons (Fsp3) is 0.185. The van der Waals surface area contributed by atoms with E-state index in [1.54, 1.807) is 0 Å². The number of nitrogens with zero attached hydrogens (tertiary/aromatic N) is 3. The molecular formula is C27H26N4O. The molecule has 5 nitrogen and oxygen atoms in total. The topological polar surface area (TPSA) is 68.2 Å². The first-order valence-electron chi connectivity index (χ1n) is 10.9. The quantitative estimate of drug-likeness (QED) is 0.382. The third-order valence-electron chi connectivity index (χ3n) is 5.87. The van der Waals surface area contributed by atoms with E-state index in [2.05, 4.69) is 49.3 Å². The second-order valence-corrected chi connectivity index (χ2v) is 8.21. The highest BCUT2D eigenvalue weighted by atomic mass is 16.3. The fourth-order valence-electron chi connectivity index (χ4n) is 4.28. The second-order valence-electron chi connectivity index (χ2n) is 8.21. The molecule has 0 amide bonds. The zero-order valence-electron chi connectivity index (χ0n) is 18.3. The smallest absolute Gasteiger partial charge is 0.196 e. The van der Waals surface area contributed by atoms with E-state index in [4.69, 9.17) is 20.1 Å². The van der Waals surface area contributed by atoms with Crippen LogP contribution in [0.4, 0.5) is 0 Å². The van der Waals surface area contributed by atoms with E-state index in [1.807, 2.05) is 48.5 Å². The van der Waals surface area contributed by atoms with Crippen LogP contribution in [0.2, 0.25) is 0 Å². The lowest BCUT2D eigenvalue weighted by molar-refractivity contribution is 0.283. The molecule has 1 atom stereocenters. The molecule has 0 aliphatic heterocycles. The van der Waals surface area contributed by atoms with Crippen LogP contribution < -0.4 is 5.73 Å². The third kappa shape index (κ3) is 3.66. The van der Waals surface area contributed by atoms with Crippen molar-refractivity contribution in [1.82, 2.24) is 14.9 Å². The molecule has 5 heteroatoms. The third-order valence-corrected chi connectivity index (χ3v) is 5.87. The van der Waals surface area contributed by atoms with Gasteiger partial charge in [-0.25, -0.2) is 9.97 Å². The minimum Gasteiger partial charge on any atom is -0.453 e. The van der Waals surface area contributed by atoms with E-state index in [1.165, 1.54) is 0 Å². The summed E-state index contributed by atoms with van der Waals surface area (Å²) in [5.41, 5.74) is 10.9. The average Bonchev–Trinajstić information content (AvgIpc) is 3.26. The zero-order chi connectivity index (χ0) is 22.1. The number of hydrogen-bond acceptors (Lipinski definition) is 5. The highest BCUT2D eigenvalue weighted by molar-refractivity contribution is 5.96. The van der Waals surface area contributed by atoms with Crippen molar-refractivity contribution in [3.63, 3.8) is 0 Å². The van der Waals surface area contributed by atoms with Gasteiger partial charge in [0.2, 0.25) is 0 Å². The van der Waals surface area contributed by atoms with Gasteiger partial charge in [-0.3, -0.25) is 0 Å². The monoisotopic (exact) mass is 422 g/mol. The number of furan rings is 1. The van der Waals surface area contributed by atoms with Crippen LogP contribution in [0.1, 0.15) is 18.2 Å². The first-order valence-corrected chi connectivity index (χ1v) is 10.9. The van der Waals surface area contributed by atoms with Crippen molar-refractivity contribution in [3.05, 3.63) is 84.6 Å². The first-order chi connectivity index (χ1) is 15.7. The van der Waals surface area contributed by atoms with Crippen molar-refractivity contribution in [2.45, 2.75) is 12.5 Å². The Morgan fingerprint density at radius 3 is 2.44 bits per heavy atom. The van der Waals surface area contributed by atoms with E-state index in [-0.39, 0.29) is 6.04 Å². The highest BCUT2D eigenvalue weighted by Crippen LogP contribution is 2.35. The Morgan fingerprint density at radius 1 is 0.906 bits per heavy atom. The second kappa shape index (κ2) is 8.54. The van der Waals surface area contributed by atoms with E-state index < -0.39 is 0 Å². The molecule has 0 saturated heterocycles. The minimum atomic E-state index is 0.0691. The Labute approximate surface area is 187 Å². The predicted octanol–water partition coefficient (Wildman–Crippen LogP) is 5.66. The van der Waals surface area contributed by atoms with Gasteiger partial charge in [0.1, 0.15) is 5.58 Å². The molecule has 0 aliphatic carbocycles. The lowest BCUT2D eigenvalue weighted by atomic mass is 9.98. The molecule has 0 bridgehead atoms. The molecule has 160 valence electrons. The van der Waals surface area contributed by atoms with Crippen LogP contribution in [0.5, 0.6) is 0 Å². The number of para-hydroxylation sites is 2. The molecule has 3 aromatic carbocycles. The molecule has 5 aromatic rings. The number of benzene rings is 3. The van der Waals surface area contributed by atoms with E-state index >= 15 is 0 Å². The molecule has 2 heterocycles. The summed E-state index contributed by atoms with van der Waals surface area (Å²) in [5, 5.41) is 2.08. The summed E-state index contributed by atoms with van der Waals surface area (Å²) in [6, 6.07) is 26.7. The van der Waals surface area contributed by atoms with Crippen LogP contribution in [0.15, 0.2) is 83.3 Å². The van der Waals surface area contributed by atoms with E-state index in [9.17, 15) is 0 Å². The van der Waals surface area contributed by atoms with Crippen molar-refractivity contribution in [2.24, 2.45) is 5.73 Å². The van der Waals surface area contributed by atoms with Gasteiger partial charge in [0.05, 0.1) is 17.3 Å². The molecule has 0 radical (unpaired) electrons. The molecular weight excluding hydrogens is 396 g/mol. The summed E-state index contributed by atoms with van der Waals surface area (Å²) in [5.74, 6) is 1.26. The largest absolute Gasteiger partial charge is 0.453 e. The molecule has 1 unspecified atom stereocenters. The van der Waals surface area contributed by atoms with Gasteiger partial charge in [0.15, 0.2) is 11.6 Å². The fourth-order valence-corrected chi connectivity index (χ4v) is 4.28. The minimum absolute atomic E-state index is 0.0691. The summed E-state index contributed by atoms with van der Waals surface area (Å²) < 4.78 is 6.14. The molecule has 2 aromatic heterocycles. The Morgan fingerprint density at radius 2 is 1.69 bits per heavy atom. The number of rotatable bonds is 6. The standard InChI is InChI=1S/C27H26N4O/c1-31(2)22(15-16-28)26-21-13-8-12-20(18-9-4-3-5-10-18)25(21)29-27(30-26)24-17-19-11-6-7-14-23(19)32-24/h3-14,17,22H,15-16,28H2,1-2H3. The van der Waals surface area contributed by atoms with Gasteiger partial charge in [-0.05, 0) is 44.8 Å². The van der Waals surface area contributed by atoms with Crippen LogP contribution in [-0.4, -0.2) is 35.5 Å². The van der Waals surface area contributed by atoms with Crippen LogP contribution in [0.25, 0.3) is 44.6 Å². The lowest BCUT2D eigenvalue weighted by Gasteiger charge is -2.25. The summed E-state index contributed by atoms with van der Waals surface area (Å²) in [6.07, 6.45) is 0.800. The highest BCUT2D eigenvalue weighted by Gasteiger charge is 2.22.